The van der Waals surface area contributed by atoms with Crippen LogP contribution in [-0.2, 0) is 4.79 Å². The topological polar surface area (TPSA) is 98.0 Å². The van der Waals surface area contributed by atoms with Crippen molar-refractivity contribution in [3.05, 3.63) is 0 Å². The second kappa shape index (κ2) is 6.44. The Kier molecular flexibility index (Phi) is 6.38. The Morgan fingerprint density at radius 3 is 2.00 bits per heavy atom. The van der Waals surface area contributed by atoms with Crippen LogP contribution in [0.3, 0.4) is 0 Å². The molecule has 0 heterocycles. The smallest absolute Gasteiger partial charge is 0.193 e. The van der Waals surface area contributed by atoms with Gasteiger partial charge in [-0.15, -0.1) is 0 Å². The third-order valence-electron chi connectivity index (χ3n) is 2.14. The lowest BCUT2D eigenvalue weighted by Gasteiger charge is -2.23. The number of carbonyl (C=O) groups is 1. The van der Waals surface area contributed by atoms with Gasteiger partial charge in [-0.2, -0.15) is 12.6 Å². The average molecular weight is 238 g/mol. The van der Waals surface area contributed by atoms with Crippen molar-refractivity contribution in [2.75, 3.05) is 6.61 Å². The van der Waals surface area contributed by atoms with Gasteiger partial charge in [0.1, 0.15) is 18.3 Å². The molecule has 4 N–H and O–H groups in total. The first-order chi connectivity index (χ1) is 6.82. The van der Waals surface area contributed by atoms with E-state index in [1.165, 1.54) is 0 Å². The van der Waals surface area contributed by atoms with E-state index in [-0.39, 0.29) is 5.92 Å². The van der Waals surface area contributed by atoms with Crippen LogP contribution in [0.25, 0.3) is 0 Å². The normalized spacial score (nSPS) is 19.7. The molecule has 5 nitrogen and oxygen atoms in total. The molecule has 4 atom stereocenters. The molecule has 0 aromatic rings. The molecular formula is C9H18O5S. The summed E-state index contributed by atoms with van der Waals surface area (Å²) in [5, 5.41) is 35.6. The highest BCUT2D eigenvalue weighted by atomic mass is 32.1. The fourth-order valence-electron chi connectivity index (χ4n) is 0.997. The second-order valence-electron chi connectivity index (χ2n) is 3.78. The lowest BCUT2D eigenvalue weighted by molar-refractivity contribution is -0.143. The highest BCUT2D eigenvalue weighted by Gasteiger charge is 2.33. The zero-order chi connectivity index (χ0) is 12.2. The van der Waals surface area contributed by atoms with Gasteiger partial charge in [0.2, 0.25) is 0 Å². The molecule has 0 spiro atoms. The highest BCUT2D eigenvalue weighted by Crippen LogP contribution is 2.15. The summed E-state index contributed by atoms with van der Waals surface area (Å²) in [6, 6.07) is 0. The first kappa shape index (κ1) is 14.9. The summed E-state index contributed by atoms with van der Waals surface area (Å²) in [7, 11) is 0. The molecule has 0 aliphatic rings. The number of hydrogen-bond donors (Lipinski definition) is 5. The summed E-state index contributed by atoms with van der Waals surface area (Å²) < 4.78 is 0. The molecule has 6 heteroatoms. The van der Waals surface area contributed by atoms with Crippen molar-refractivity contribution in [3.63, 3.8) is 0 Å². The van der Waals surface area contributed by atoms with E-state index in [1.54, 1.807) is 13.8 Å². The number of ketones is 1. The van der Waals surface area contributed by atoms with Crippen LogP contribution in [-0.4, -0.2) is 56.4 Å². The maximum atomic E-state index is 11.4. The van der Waals surface area contributed by atoms with Crippen LogP contribution in [0.2, 0.25) is 0 Å². The van der Waals surface area contributed by atoms with Gasteiger partial charge in [0.15, 0.2) is 5.78 Å². The van der Waals surface area contributed by atoms with Crippen LogP contribution in [0.1, 0.15) is 13.8 Å². The minimum atomic E-state index is -1.78. The average Bonchev–Trinajstić information content (AvgIpc) is 2.23. The van der Waals surface area contributed by atoms with E-state index in [9.17, 15) is 15.0 Å². The van der Waals surface area contributed by atoms with Crippen LogP contribution in [0, 0.1) is 5.92 Å². The van der Waals surface area contributed by atoms with E-state index in [0.29, 0.717) is 0 Å². The van der Waals surface area contributed by atoms with Gasteiger partial charge < -0.3 is 20.4 Å². The largest absolute Gasteiger partial charge is 0.394 e. The van der Waals surface area contributed by atoms with E-state index in [2.05, 4.69) is 12.6 Å². The zero-order valence-electron chi connectivity index (χ0n) is 8.74. The Hall–Kier alpha value is -0.140. The van der Waals surface area contributed by atoms with Crippen LogP contribution in [0.15, 0.2) is 0 Å². The van der Waals surface area contributed by atoms with Gasteiger partial charge in [-0.05, 0) is 5.92 Å². The Labute approximate surface area is 94.2 Å². The predicted octanol–water partition coefficient (Wildman–Crippen LogP) is -1.42. The van der Waals surface area contributed by atoms with Gasteiger partial charge in [-0.3, -0.25) is 4.79 Å². The van der Waals surface area contributed by atoms with Gasteiger partial charge in [-0.25, -0.2) is 0 Å². The molecule has 1 unspecified atom stereocenters. The third-order valence-corrected chi connectivity index (χ3v) is 3.02. The summed E-state index contributed by atoms with van der Waals surface area (Å²) in [6.07, 6.45) is -4.80. The van der Waals surface area contributed by atoms with Gasteiger partial charge >= 0.3 is 0 Å². The number of aliphatic hydroxyl groups is 4. The Bertz CT molecular complexity index is 209. The fraction of sp³-hybridized carbons (Fsp3) is 0.889. The minimum Gasteiger partial charge on any atom is -0.394 e. The summed E-state index contributed by atoms with van der Waals surface area (Å²) in [4.78, 5) is 11.4. The standard InChI is InChI=1S/C9H18O5S/c1-4(2)9(15)8(14)7(13)6(12)5(11)3-10/h4-6,8-12,14-15H,3H2,1-2H3/t5-,6-,8-,9?/m1/s1. The van der Waals surface area contributed by atoms with E-state index >= 15 is 0 Å². The molecule has 0 fully saturated rings. The second-order valence-corrected chi connectivity index (χ2v) is 4.37. The van der Waals surface area contributed by atoms with Crippen molar-refractivity contribution in [2.24, 2.45) is 5.92 Å². The third kappa shape index (κ3) is 4.08. The first-order valence-electron chi connectivity index (χ1n) is 4.69. The summed E-state index contributed by atoms with van der Waals surface area (Å²) in [5.41, 5.74) is 0. The summed E-state index contributed by atoms with van der Waals surface area (Å²) in [6.45, 7) is 2.80. The molecule has 0 aliphatic carbocycles. The molecule has 0 saturated heterocycles. The Balaban J connectivity index is 4.43. The molecule has 0 aliphatic heterocycles. The Morgan fingerprint density at radius 2 is 1.67 bits per heavy atom. The van der Waals surface area contributed by atoms with Crippen LogP contribution in [0.5, 0.6) is 0 Å². The van der Waals surface area contributed by atoms with E-state index in [1.807, 2.05) is 0 Å². The lowest BCUT2D eigenvalue weighted by atomic mass is 9.97. The van der Waals surface area contributed by atoms with Crippen LogP contribution >= 0.6 is 12.6 Å². The number of rotatable bonds is 6. The van der Waals surface area contributed by atoms with Gasteiger partial charge in [0.25, 0.3) is 0 Å². The van der Waals surface area contributed by atoms with Crippen molar-refractivity contribution >= 4 is 18.4 Å². The van der Waals surface area contributed by atoms with Crippen LogP contribution in [0.4, 0.5) is 0 Å². The summed E-state index contributed by atoms with van der Waals surface area (Å²) in [5.74, 6) is -0.976. The SMILES string of the molecule is CC(C)C(S)[C@H](O)C(=O)[C@H](O)[C@H](O)CO. The quantitative estimate of drug-likeness (QED) is 0.366. The molecule has 0 saturated carbocycles. The number of carbonyl (C=O) groups excluding carboxylic acids is 1. The van der Waals surface area contributed by atoms with E-state index in [0.717, 1.165) is 0 Å². The predicted molar refractivity (Wildman–Crippen MR) is 57.7 cm³/mol. The zero-order valence-corrected chi connectivity index (χ0v) is 9.63. The van der Waals surface area contributed by atoms with Crippen molar-refractivity contribution in [1.82, 2.24) is 0 Å². The molecule has 0 bridgehead atoms. The highest BCUT2D eigenvalue weighted by molar-refractivity contribution is 7.81. The molecule has 15 heavy (non-hydrogen) atoms. The number of aliphatic hydroxyl groups excluding tert-OH is 4. The monoisotopic (exact) mass is 238 g/mol. The maximum absolute atomic E-state index is 11.4. The molecule has 0 aromatic heterocycles. The molecule has 90 valence electrons. The summed E-state index contributed by atoms with van der Waals surface area (Å²) >= 11 is 4.03. The van der Waals surface area contributed by atoms with E-state index < -0.39 is 36.0 Å². The van der Waals surface area contributed by atoms with Crippen molar-refractivity contribution in [2.45, 2.75) is 37.4 Å². The number of hydrogen-bond acceptors (Lipinski definition) is 6. The van der Waals surface area contributed by atoms with Gasteiger partial charge in [-0.1, -0.05) is 13.8 Å². The first-order valence-corrected chi connectivity index (χ1v) is 5.21. The molecule has 0 amide bonds. The Morgan fingerprint density at radius 1 is 1.20 bits per heavy atom. The lowest BCUT2D eigenvalue weighted by Crippen LogP contribution is -2.46. The van der Waals surface area contributed by atoms with Crippen molar-refractivity contribution in [3.8, 4) is 0 Å². The van der Waals surface area contributed by atoms with Crippen molar-refractivity contribution < 1.29 is 25.2 Å². The molecule has 0 rings (SSSR count). The molecular weight excluding hydrogens is 220 g/mol. The fourth-order valence-corrected chi connectivity index (χ4v) is 1.14. The van der Waals surface area contributed by atoms with Gasteiger partial charge in [0.05, 0.1) is 6.61 Å². The van der Waals surface area contributed by atoms with E-state index in [4.69, 9.17) is 10.2 Å². The number of Topliss-reactive ketones (excluding diaryl/α,β-unsaturated/α-hetero) is 1. The van der Waals surface area contributed by atoms with Crippen LogP contribution < -0.4 is 0 Å². The number of thiol groups is 1. The van der Waals surface area contributed by atoms with Crippen molar-refractivity contribution in [1.29, 1.82) is 0 Å². The molecule has 0 radical (unpaired) electrons. The molecule has 0 aromatic carbocycles. The maximum Gasteiger partial charge on any atom is 0.193 e. The van der Waals surface area contributed by atoms with Gasteiger partial charge in [0, 0.05) is 5.25 Å². The minimum absolute atomic E-state index is 0.0502.